The fraction of sp³-hybridized carbons (Fsp3) is 0.367. The van der Waals surface area contributed by atoms with Crippen molar-refractivity contribution >= 4 is 17.4 Å². The molecule has 0 bridgehead atoms. The van der Waals surface area contributed by atoms with Crippen LogP contribution in [-0.2, 0) is 0 Å². The molecule has 1 aliphatic heterocycles. The molecule has 2 aliphatic rings. The second kappa shape index (κ2) is 11.4. The molecule has 214 valence electrons. The summed E-state index contributed by atoms with van der Waals surface area (Å²) in [7, 11) is 0. The molecule has 2 aromatic heterocycles. The van der Waals surface area contributed by atoms with Crippen LogP contribution in [0.4, 0.5) is 19.0 Å². The molecule has 1 amide bonds. The van der Waals surface area contributed by atoms with Gasteiger partial charge in [-0.3, -0.25) is 4.79 Å². The molecule has 1 saturated carbocycles. The summed E-state index contributed by atoms with van der Waals surface area (Å²) < 4.78 is 49.2. The second-order valence-corrected chi connectivity index (χ2v) is 10.6. The van der Waals surface area contributed by atoms with Gasteiger partial charge >= 0.3 is 0 Å². The summed E-state index contributed by atoms with van der Waals surface area (Å²) in [6.45, 7) is 4.51. The van der Waals surface area contributed by atoms with Crippen LogP contribution < -0.4 is 15.4 Å². The number of piperidine rings is 1. The van der Waals surface area contributed by atoms with E-state index < -0.39 is 17.8 Å². The minimum absolute atomic E-state index is 0.0571. The van der Waals surface area contributed by atoms with Crippen LogP contribution in [-0.4, -0.2) is 63.8 Å². The van der Waals surface area contributed by atoms with E-state index in [1.165, 1.54) is 12.1 Å². The standard InChI is InChI=1S/C30H31F3N6O2/c1-18-15-19(5-8-22(18)30(40)36-21-6-7-21)23-17-35-39-26(34-11-14-38-12-9-20(31)10-13-38)16-27(37-29(23)39)41-25-4-2-3-24(32)28(25)33/h2-5,8,15-17,20-21,34H,6-7,9-14H2,1H3,(H,36,40). The Morgan fingerprint density at radius 2 is 1.90 bits per heavy atom. The van der Waals surface area contributed by atoms with Crippen molar-refractivity contribution in [2.75, 3.05) is 31.5 Å². The van der Waals surface area contributed by atoms with Crippen LogP contribution in [0, 0.1) is 18.6 Å². The van der Waals surface area contributed by atoms with Crippen molar-refractivity contribution in [2.45, 2.75) is 44.8 Å². The summed E-state index contributed by atoms with van der Waals surface area (Å²) in [5.74, 6) is -1.91. The zero-order valence-electron chi connectivity index (χ0n) is 22.7. The minimum Gasteiger partial charge on any atom is -0.436 e. The molecule has 1 aliphatic carbocycles. The lowest BCUT2D eigenvalue weighted by Crippen LogP contribution is -2.37. The number of carbonyl (C=O) groups excluding carboxylic acids is 1. The number of anilines is 1. The molecular formula is C30H31F3N6O2. The van der Waals surface area contributed by atoms with Crippen LogP contribution in [0.5, 0.6) is 11.6 Å². The number of nitrogens with one attached hydrogen (secondary N) is 2. The van der Waals surface area contributed by atoms with Crippen molar-refractivity contribution in [3.63, 3.8) is 0 Å². The summed E-state index contributed by atoms with van der Waals surface area (Å²) in [6.07, 6.45) is 4.00. The molecular weight excluding hydrogens is 533 g/mol. The maximum absolute atomic E-state index is 14.4. The second-order valence-electron chi connectivity index (χ2n) is 10.6. The molecule has 11 heteroatoms. The van der Waals surface area contributed by atoms with E-state index in [-0.39, 0.29) is 23.6 Å². The fourth-order valence-corrected chi connectivity index (χ4v) is 5.04. The van der Waals surface area contributed by atoms with Gasteiger partial charge in [-0.1, -0.05) is 18.2 Å². The molecule has 6 rings (SSSR count). The number of rotatable bonds is 9. The Morgan fingerprint density at radius 1 is 1.10 bits per heavy atom. The fourth-order valence-electron chi connectivity index (χ4n) is 5.04. The molecule has 0 spiro atoms. The van der Waals surface area contributed by atoms with Crippen LogP contribution in [0.25, 0.3) is 16.8 Å². The van der Waals surface area contributed by atoms with Gasteiger partial charge in [-0.2, -0.15) is 19.0 Å². The largest absolute Gasteiger partial charge is 0.436 e. The lowest BCUT2D eigenvalue weighted by molar-refractivity contribution is 0.0950. The Bertz CT molecular complexity index is 1580. The van der Waals surface area contributed by atoms with E-state index in [0.717, 1.165) is 30.0 Å². The van der Waals surface area contributed by atoms with Crippen molar-refractivity contribution in [3.05, 3.63) is 71.4 Å². The van der Waals surface area contributed by atoms with Gasteiger partial charge in [0.15, 0.2) is 17.2 Å². The van der Waals surface area contributed by atoms with Gasteiger partial charge in [0.1, 0.15) is 12.0 Å². The highest BCUT2D eigenvalue weighted by Gasteiger charge is 2.25. The normalized spacial score (nSPS) is 16.2. The number of aromatic nitrogens is 3. The Hall–Kier alpha value is -4.12. The number of halogens is 3. The topological polar surface area (TPSA) is 83.8 Å². The highest BCUT2D eigenvalue weighted by Crippen LogP contribution is 2.32. The predicted octanol–water partition coefficient (Wildman–Crippen LogP) is 5.51. The van der Waals surface area contributed by atoms with E-state index in [9.17, 15) is 18.0 Å². The summed E-state index contributed by atoms with van der Waals surface area (Å²) in [5.41, 5.74) is 3.33. The van der Waals surface area contributed by atoms with E-state index >= 15 is 0 Å². The van der Waals surface area contributed by atoms with E-state index in [1.54, 1.807) is 22.8 Å². The van der Waals surface area contributed by atoms with Crippen molar-refractivity contribution < 1.29 is 22.7 Å². The first kappa shape index (κ1) is 27.1. The molecule has 1 saturated heterocycles. The van der Waals surface area contributed by atoms with E-state index in [2.05, 4.69) is 25.6 Å². The van der Waals surface area contributed by atoms with Gasteiger partial charge in [0, 0.05) is 49.4 Å². The number of ether oxygens (including phenoxy) is 1. The SMILES string of the molecule is Cc1cc(-c2cnn3c(NCCN4CCC(F)CC4)cc(Oc4cccc(F)c4F)nc23)ccc1C(=O)NC1CC1. The first-order valence-corrected chi connectivity index (χ1v) is 13.9. The Balaban J connectivity index is 1.31. The van der Waals surface area contributed by atoms with Gasteiger partial charge in [0.2, 0.25) is 11.7 Å². The summed E-state index contributed by atoms with van der Waals surface area (Å²) in [4.78, 5) is 19.4. The quantitative estimate of drug-likeness (QED) is 0.279. The number of likely N-dealkylation sites (tertiary alicyclic amines) is 1. The zero-order chi connectivity index (χ0) is 28.5. The van der Waals surface area contributed by atoms with Crippen molar-refractivity contribution in [1.29, 1.82) is 0 Å². The number of fused-ring (bicyclic) bond motifs is 1. The van der Waals surface area contributed by atoms with Crippen LogP contribution in [0.15, 0.2) is 48.7 Å². The predicted molar refractivity (Wildman–Crippen MR) is 149 cm³/mol. The van der Waals surface area contributed by atoms with Crippen LogP contribution in [0.3, 0.4) is 0 Å². The third-order valence-electron chi connectivity index (χ3n) is 7.52. The van der Waals surface area contributed by atoms with Gasteiger partial charge in [0.25, 0.3) is 5.91 Å². The number of carbonyl (C=O) groups is 1. The average Bonchev–Trinajstić information content (AvgIpc) is 3.67. The van der Waals surface area contributed by atoms with Crippen LogP contribution >= 0.6 is 0 Å². The maximum atomic E-state index is 14.4. The average molecular weight is 565 g/mol. The third kappa shape index (κ3) is 6.00. The van der Waals surface area contributed by atoms with Gasteiger partial charge < -0.3 is 20.3 Å². The van der Waals surface area contributed by atoms with Crippen LogP contribution in [0.2, 0.25) is 0 Å². The smallest absolute Gasteiger partial charge is 0.251 e. The lowest BCUT2D eigenvalue weighted by atomic mass is 10.0. The molecule has 2 aromatic carbocycles. The van der Waals surface area contributed by atoms with Gasteiger partial charge in [-0.15, -0.1) is 0 Å². The first-order valence-electron chi connectivity index (χ1n) is 13.9. The van der Waals surface area contributed by atoms with Crippen LogP contribution in [0.1, 0.15) is 41.6 Å². The van der Waals surface area contributed by atoms with Crippen molar-refractivity contribution in [2.24, 2.45) is 0 Å². The molecule has 0 atom stereocenters. The Labute approximate surface area is 235 Å². The first-order chi connectivity index (χ1) is 19.9. The van der Waals surface area contributed by atoms with E-state index in [1.807, 2.05) is 19.1 Å². The zero-order valence-corrected chi connectivity index (χ0v) is 22.7. The number of amides is 1. The Morgan fingerprint density at radius 3 is 2.66 bits per heavy atom. The maximum Gasteiger partial charge on any atom is 0.251 e. The number of benzene rings is 2. The highest BCUT2D eigenvalue weighted by atomic mass is 19.2. The molecule has 0 radical (unpaired) electrons. The van der Waals surface area contributed by atoms with Crippen molar-refractivity contribution in [3.8, 4) is 22.8 Å². The number of nitrogens with zero attached hydrogens (tertiary/aromatic N) is 4. The van der Waals surface area contributed by atoms with Crippen molar-refractivity contribution in [1.82, 2.24) is 24.8 Å². The molecule has 0 unspecified atom stereocenters. The van der Waals surface area contributed by atoms with Gasteiger partial charge in [0.05, 0.1) is 6.20 Å². The summed E-state index contributed by atoms with van der Waals surface area (Å²) in [5, 5.41) is 10.9. The molecule has 3 heterocycles. The molecule has 2 fully saturated rings. The van der Waals surface area contributed by atoms with Gasteiger partial charge in [-0.25, -0.2) is 8.78 Å². The van der Waals surface area contributed by atoms with E-state index in [4.69, 9.17) is 4.74 Å². The monoisotopic (exact) mass is 564 g/mol. The number of aryl methyl sites for hydroxylation is 1. The van der Waals surface area contributed by atoms with Gasteiger partial charge in [-0.05, 0) is 61.9 Å². The molecule has 8 nitrogen and oxygen atoms in total. The number of hydrogen-bond acceptors (Lipinski definition) is 6. The molecule has 2 N–H and O–H groups in total. The lowest BCUT2D eigenvalue weighted by Gasteiger charge is -2.28. The third-order valence-corrected chi connectivity index (χ3v) is 7.52. The number of alkyl halides is 1. The Kier molecular flexibility index (Phi) is 7.53. The summed E-state index contributed by atoms with van der Waals surface area (Å²) >= 11 is 0. The molecule has 4 aromatic rings. The molecule has 41 heavy (non-hydrogen) atoms. The summed E-state index contributed by atoms with van der Waals surface area (Å²) in [6, 6.07) is 11.1. The number of hydrogen-bond donors (Lipinski definition) is 2. The highest BCUT2D eigenvalue weighted by molar-refractivity contribution is 5.97. The van der Waals surface area contributed by atoms with E-state index in [0.29, 0.717) is 61.6 Å². The minimum atomic E-state index is -1.11.